The third-order valence-electron chi connectivity index (χ3n) is 4.91. The standard InChI is InChI=1S/C20H27FN6O3/c1-15-23-19(24-27(15)17-6-4-16(21)5-7-17)20(29)26-11-9-25(10-12-26)14-18(28)22-8-3-13-30-2/h4-7H,3,8-14H2,1-2H3,(H,22,28). The predicted molar refractivity (Wildman–Crippen MR) is 108 cm³/mol. The van der Waals surface area contributed by atoms with Crippen LogP contribution in [-0.4, -0.2) is 89.4 Å². The molecule has 0 saturated carbocycles. The van der Waals surface area contributed by atoms with E-state index in [0.717, 1.165) is 6.42 Å². The fourth-order valence-electron chi connectivity index (χ4n) is 3.26. The first-order valence-corrected chi connectivity index (χ1v) is 9.95. The van der Waals surface area contributed by atoms with Crippen molar-refractivity contribution in [1.29, 1.82) is 0 Å². The van der Waals surface area contributed by atoms with Crippen LogP contribution in [0.3, 0.4) is 0 Å². The number of aromatic nitrogens is 3. The second-order valence-electron chi connectivity index (χ2n) is 7.14. The molecule has 1 aromatic carbocycles. The summed E-state index contributed by atoms with van der Waals surface area (Å²) >= 11 is 0. The van der Waals surface area contributed by atoms with E-state index in [1.165, 1.54) is 16.8 Å². The van der Waals surface area contributed by atoms with Crippen LogP contribution in [0.15, 0.2) is 24.3 Å². The van der Waals surface area contributed by atoms with Crippen molar-refractivity contribution in [3.63, 3.8) is 0 Å². The van der Waals surface area contributed by atoms with Crippen LogP contribution in [0.5, 0.6) is 0 Å². The van der Waals surface area contributed by atoms with Gasteiger partial charge in [-0.2, -0.15) is 0 Å². The molecular formula is C20H27FN6O3. The van der Waals surface area contributed by atoms with Crippen LogP contribution in [0.1, 0.15) is 22.9 Å². The van der Waals surface area contributed by atoms with Gasteiger partial charge in [0.25, 0.3) is 5.91 Å². The summed E-state index contributed by atoms with van der Waals surface area (Å²) in [5.41, 5.74) is 0.641. The van der Waals surface area contributed by atoms with Gasteiger partial charge in [-0.3, -0.25) is 14.5 Å². The van der Waals surface area contributed by atoms with Gasteiger partial charge in [-0.1, -0.05) is 0 Å². The first-order chi connectivity index (χ1) is 14.5. The molecule has 162 valence electrons. The normalized spacial score (nSPS) is 14.7. The highest BCUT2D eigenvalue weighted by Crippen LogP contribution is 2.12. The summed E-state index contributed by atoms with van der Waals surface area (Å²) in [5.74, 6) is 0.0492. The summed E-state index contributed by atoms with van der Waals surface area (Å²) in [7, 11) is 1.63. The van der Waals surface area contributed by atoms with Crippen LogP contribution in [0.25, 0.3) is 5.69 Å². The Morgan fingerprint density at radius 3 is 2.53 bits per heavy atom. The smallest absolute Gasteiger partial charge is 0.293 e. The topological polar surface area (TPSA) is 92.6 Å². The number of halogens is 1. The zero-order chi connectivity index (χ0) is 21.5. The minimum absolute atomic E-state index is 0.0267. The zero-order valence-electron chi connectivity index (χ0n) is 17.3. The van der Waals surface area contributed by atoms with E-state index in [0.29, 0.717) is 57.4 Å². The number of hydrogen-bond acceptors (Lipinski definition) is 6. The predicted octanol–water partition coefficient (Wildman–Crippen LogP) is 0.625. The average molecular weight is 418 g/mol. The Morgan fingerprint density at radius 1 is 1.17 bits per heavy atom. The van der Waals surface area contributed by atoms with Crippen molar-refractivity contribution in [3.8, 4) is 5.69 Å². The number of amides is 2. The Morgan fingerprint density at radius 2 is 1.87 bits per heavy atom. The Kier molecular flexibility index (Phi) is 7.47. The van der Waals surface area contributed by atoms with Crippen LogP contribution < -0.4 is 5.32 Å². The minimum atomic E-state index is -0.339. The van der Waals surface area contributed by atoms with E-state index in [9.17, 15) is 14.0 Å². The summed E-state index contributed by atoms with van der Waals surface area (Å²) in [6.07, 6.45) is 0.779. The Bertz CT molecular complexity index is 862. The number of benzene rings is 1. The van der Waals surface area contributed by atoms with Crippen molar-refractivity contribution in [1.82, 2.24) is 29.9 Å². The molecule has 2 heterocycles. The maximum Gasteiger partial charge on any atom is 0.293 e. The molecule has 10 heteroatoms. The van der Waals surface area contributed by atoms with Crippen LogP contribution in [0.2, 0.25) is 0 Å². The van der Waals surface area contributed by atoms with Crippen molar-refractivity contribution in [3.05, 3.63) is 41.7 Å². The quantitative estimate of drug-likeness (QED) is 0.632. The van der Waals surface area contributed by atoms with E-state index in [4.69, 9.17) is 4.74 Å². The number of carbonyl (C=O) groups is 2. The highest BCUT2D eigenvalue weighted by molar-refractivity contribution is 5.90. The molecule has 0 radical (unpaired) electrons. The lowest BCUT2D eigenvalue weighted by atomic mass is 10.3. The number of hydrogen-bond donors (Lipinski definition) is 1. The van der Waals surface area contributed by atoms with Gasteiger partial charge in [0.1, 0.15) is 11.6 Å². The molecule has 0 spiro atoms. The van der Waals surface area contributed by atoms with Crippen molar-refractivity contribution in [2.75, 3.05) is 53.0 Å². The monoisotopic (exact) mass is 418 g/mol. The van der Waals surface area contributed by atoms with Crippen molar-refractivity contribution < 1.29 is 18.7 Å². The van der Waals surface area contributed by atoms with E-state index in [1.54, 1.807) is 31.1 Å². The molecule has 1 aromatic heterocycles. The Balaban J connectivity index is 1.51. The molecule has 1 saturated heterocycles. The van der Waals surface area contributed by atoms with E-state index in [1.807, 2.05) is 4.90 Å². The summed E-state index contributed by atoms with van der Waals surface area (Å²) < 4.78 is 19.6. The number of nitrogens with one attached hydrogen (secondary N) is 1. The molecule has 0 bridgehead atoms. The number of rotatable bonds is 8. The first-order valence-electron chi connectivity index (χ1n) is 9.95. The van der Waals surface area contributed by atoms with Gasteiger partial charge in [0.15, 0.2) is 0 Å². The maximum atomic E-state index is 13.1. The Hall–Kier alpha value is -2.85. The molecule has 0 aliphatic carbocycles. The molecule has 3 rings (SSSR count). The third kappa shape index (κ3) is 5.61. The first kappa shape index (κ1) is 21.8. The largest absolute Gasteiger partial charge is 0.385 e. The SMILES string of the molecule is COCCCNC(=O)CN1CCN(C(=O)c2nc(C)n(-c3ccc(F)cc3)n2)CC1. The van der Waals surface area contributed by atoms with Crippen LogP contribution >= 0.6 is 0 Å². The average Bonchev–Trinajstić information content (AvgIpc) is 3.13. The molecule has 1 fully saturated rings. The van der Waals surface area contributed by atoms with Crippen molar-refractivity contribution in [2.24, 2.45) is 0 Å². The summed E-state index contributed by atoms with van der Waals surface area (Å²) in [6.45, 7) is 5.48. The van der Waals surface area contributed by atoms with E-state index in [2.05, 4.69) is 15.4 Å². The number of carbonyl (C=O) groups excluding carboxylic acids is 2. The lowest BCUT2D eigenvalue weighted by molar-refractivity contribution is -0.122. The van der Waals surface area contributed by atoms with Gasteiger partial charge < -0.3 is 15.0 Å². The van der Waals surface area contributed by atoms with E-state index >= 15 is 0 Å². The molecule has 1 N–H and O–H groups in total. The van der Waals surface area contributed by atoms with Crippen molar-refractivity contribution in [2.45, 2.75) is 13.3 Å². The van der Waals surface area contributed by atoms with Crippen LogP contribution in [0.4, 0.5) is 4.39 Å². The summed E-state index contributed by atoms with van der Waals surface area (Å²) in [6, 6.07) is 5.85. The van der Waals surface area contributed by atoms with Crippen LogP contribution in [0, 0.1) is 12.7 Å². The molecule has 0 atom stereocenters. The zero-order valence-corrected chi connectivity index (χ0v) is 17.3. The number of methoxy groups -OCH3 is 1. The molecule has 2 amide bonds. The third-order valence-corrected chi connectivity index (χ3v) is 4.91. The molecule has 1 aliphatic heterocycles. The molecule has 30 heavy (non-hydrogen) atoms. The lowest BCUT2D eigenvalue weighted by Gasteiger charge is -2.33. The van der Waals surface area contributed by atoms with Crippen molar-refractivity contribution >= 4 is 11.8 Å². The fraction of sp³-hybridized carbons (Fsp3) is 0.500. The molecule has 2 aromatic rings. The highest BCUT2D eigenvalue weighted by atomic mass is 19.1. The highest BCUT2D eigenvalue weighted by Gasteiger charge is 2.26. The van der Waals surface area contributed by atoms with Gasteiger partial charge in [-0.05, 0) is 37.6 Å². The number of aryl methyl sites for hydroxylation is 1. The molecule has 1 aliphatic rings. The molecular weight excluding hydrogens is 391 g/mol. The van der Waals surface area contributed by atoms with E-state index in [-0.39, 0.29) is 23.5 Å². The van der Waals surface area contributed by atoms with Gasteiger partial charge in [0.05, 0.1) is 12.2 Å². The van der Waals surface area contributed by atoms with Gasteiger partial charge in [0, 0.05) is 46.4 Å². The summed E-state index contributed by atoms with van der Waals surface area (Å²) in [4.78, 5) is 32.8. The van der Waals surface area contributed by atoms with Crippen LogP contribution in [-0.2, 0) is 9.53 Å². The van der Waals surface area contributed by atoms with Gasteiger partial charge in [0.2, 0.25) is 11.7 Å². The second-order valence-corrected chi connectivity index (χ2v) is 7.14. The van der Waals surface area contributed by atoms with Gasteiger partial charge in [-0.25, -0.2) is 14.1 Å². The number of piperazine rings is 1. The molecule has 9 nitrogen and oxygen atoms in total. The fourth-order valence-corrected chi connectivity index (χ4v) is 3.26. The van der Waals surface area contributed by atoms with E-state index < -0.39 is 0 Å². The number of ether oxygens (including phenoxy) is 1. The molecule has 0 unspecified atom stereocenters. The minimum Gasteiger partial charge on any atom is -0.385 e. The number of nitrogens with zero attached hydrogens (tertiary/aromatic N) is 5. The lowest BCUT2D eigenvalue weighted by Crippen LogP contribution is -2.51. The summed E-state index contributed by atoms with van der Waals surface area (Å²) in [5, 5.41) is 7.17. The van der Waals surface area contributed by atoms with Gasteiger partial charge >= 0.3 is 0 Å². The van der Waals surface area contributed by atoms with Gasteiger partial charge in [-0.15, -0.1) is 5.10 Å². The Labute approximate surface area is 174 Å². The second kappa shape index (κ2) is 10.3. The maximum absolute atomic E-state index is 13.1.